The molecule has 3 fully saturated rings. The van der Waals surface area contributed by atoms with Crippen molar-refractivity contribution in [3.8, 4) is 11.5 Å². The first-order valence-corrected chi connectivity index (χ1v) is 18.5. The molecule has 60 heavy (non-hydrogen) atoms. The summed E-state index contributed by atoms with van der Waals surface area (Å²) in [6.07, 6.45) is -23.1. The molecular weight excluding hydrogens is 808 g/mol. The molecule has 332 valence electrons. The number of ether oxygens (including phenoxy) is 8. The van der Waals surface area contributed by atoms with Crippen LogP contribution in [0, 0.1) is 0 Å². The number of phenols is 1. The van der Waals surface area contributed by atoms with Crippen LogP contribution in [0.4, 0.5) is 0 Å². The van der Waals surface area contributed by atoms with Gasteiger partial charge in [0, 0.05) is 23.3 Å². The lowest BCUT2D eigenvalue weighted by molar-refractivity contribution is -0.357. The Morgan fingerprint density at radius 2 is 1.28 bits per heavy atom. The zero-order valence-electron chi connectivity index (χ0n) is 31.5. The number of aromatic hydroxyl groups is 1. The predicted octanol–water partition coefficient (Wildman–Crippen LogP) is -2.90. The molecule has 22 nitrogen and oxygen atoms in total. The van der Waals surface area contributed by atoms with Gasteiger partial charge in [-0.15, -0.1) is 0 Å². The Labute approximate surface area is 340 Å². The van der Waals surface area contributed by atoms with Gasteiger partial charge >= 0.3 is 0 Å². The molecule has 14 N–H and O–H groups in total. The zero-order valence-corrected chi connectivity index (χ0v) is 31.5. The van der Waals surface area contributed by atoms with Crippen molar-refractivity contribution in [3.63, 3.8) is 0 Å². The first-order valence-electron chi connectivity index (χ1n) is 18.5. The molecule has 5 aliphatic rings. The van der Waals surface area contributed by atoms with Crippen LogP contribution in [-0.2, 0) is 33.2 Å². The Hall–Kier alpha value is -4.50. The van der Waals surface area contributed by atoms with E-state index in [9.17, 15) is 71.5 Å². The molecule has 1 aromatic carbocycles. The second-order valence-corrected chi connectivity index (χ2v) is 14.5. The van der Waals surface area contributed by atoms with Crippen molar-refractivity contribution in [2.24, 2.45) is 0 Å². The average molecular weight is 857 g/mol. The Morgan fingerprint density at radius 1 is 0.683 bits per heavy atom. The number of phenolic OH excluding ortho intramolecular Hbond substituents is 1. The van der Waals surface area contributed by atoms with Gasteiger partial charge in [-0.2, -0.15) is 0 Å². The largest absolute Gasteiger partial charge is 0.512 e. The topological polar surface area (TPSA) is 357 Å². The molecule has 0 aromatic heterocycles. The zero-order chi connectivity index (χ0) is 43.7. The van der Waals surface area contributed by atoms with E-state index in [-0.39, 0.29) is 46.3 Å². The van der Waals surface area contributed by atoms with Crippen LogP contribution < -0.4 is 4.74 Å². The summed E-state index contributed by atoms with van der Waals surface area (Å²) in [5, 5.41) is 145. The van der Waals surface area contributed by atoms with Crippen molar-refractivity contribution >= 4 is 5.76 Å². The van der Waals surface area contributed by atoms with Crippen molar-refractivity contribution < 1.29 is 109 Å². The summed E-state index contributed by atoms with van der Waals surface area (Å²) in [5.41, 5.74) is 0.129. The maximum absolute atomic E-state index is 11.4. The minimum absolute atomic E-state index is 0.0151. The highest BCUT2D eigenvalue weighted by atomic mass is 16.7. The highest BCUT2D eigenvalue weighted by Crippen LogP contribution is 2.40. The fourth-order valence-corrected chi connectivity index (χ4v) is 6.89. The summed E-state index contributed by atoms with van der Waals surface area (Å²) in [5.74, 6) is -2.42. The Morgan fingerprint density at radius 3 is 1.90 bits per heavy atom. The Bertz CT molecular complexity index is 1860. The van der Waals surface area contributed by atoms with Crippen molar-refractivity contribution in [2.75, 3.05) is 19.8 Å². The van der Waals surface area contributed by atoms with Crippen LogP contribution >= 0.6 is 0 Å². The van der Waals surface area contributed by atoms with Crippen LogP contribution in [0.25, 0.3) is 5.76 Å². The van der Waals surface area contributed by atoms with Crippen LogP contribution in [-0.4, -0.2) is 190 Å². The summed E-state index contributed by atoms with van der Waals surface area (Å²) in [4.78, 5) is 0. The molecule has 0 bridgehead atoms. The number of rotatable bonds is 14. The van der Waals surface area contributed by atoms with Crippen LogP contribution in [0.1, 0.15) is 12.0 Å². The molecule has 6 rings (SSSR count). The van der Waals surface area contributed by atoms with E-state index in [4.69, 9.17) is 37.9 Å². The fraction of sp³-hybridized carbons (Fsp3) is 0.526. The summed E-state index contributed by atoms with van der Waals surface area (Å²) in [7, 11) is 0. The standard InChI is InChI=1S/C38H48O22/c1-13(41)5-14(2)53-12-25-28(47)35(60-37-32(51)30(49)27(46)24(11-40)58-37)33(52)38(59-25)54-16-7-18(42)17-9-20(44)34(55-22(17)8-16)15-3-4-21(19(43)6-15)56-36-31(50)29(48)26(45)23(10-39)57-36/h3-4,6-9,22-33,35-52H,1-2,5,10-12H2. The molecule has 22 heteroatoms. The first-order chi connectivity index (χ1) is 28.4. The second-order valence-electron chi connectivity index (χ2n) is 14.5. The van der Waals surface area contributed by atoms with Crippen LogP contribution in [0.5, 0.6) is 11.5 Å². The van der Waals surface area contributed by atoms with Gasteiger partial charge < -0.3 is 109 Å². The molecule has 16 atom stereocenters. The molecule has 0 saturated carbocycles. The maximum atomic E-state index is 11.4. The molecule has 3 saturated heterocycles. The number of fused-ring (bicyclic) bond motifs is 1. The number of allylic oxidation sites excluding steroid dienone is 2. The molecule has 1 aliphatic carbocycles. The van der Waals surface area contributed by atoms with Gasteiger partial charge in [-0.25, -0.2) is 0 Å². The van der Waals surface area contributed by atoms with E-state index in [2.05, 4.69) is 13.2 Å². The van der Waals surface area contributed by atoms with Gasteiger partial charge in [0.25, 0.3) is 0 Å². The quantitative estimate of drug-likeness (QED) is 0.0835. The number of hydrogen-bond acceptors (Lipinski definition) is 22. The van der Waals surface area contributed by atoms with Crippen LogP contribution in [0.15, 0.2) is 84.0 Å². The van der Waals surface area contributed by atoms with Crippen molar-refractivity contribution in [1.82, 2.24) is 0 Å². The predicted molar refractivity (Wildman–Crippen MR) is 196 cm³/mol. The third-order valence-corrected chi connectivity index (χ3v) is 10.2. The lowest BCUT2D eigenvalue weighted by Gasteiger charge is -2.46. The molecule has 1 aromatic rings. The van der Waals surface area contributed by atoms with Crippen molar-refractivity contribution in [3.05, 3.63) is 89.5 Å². The summed E-state index contributed by atoms with van der Waals surface area (Å²) >= 11 is 0. The average Bonchev–Trinajstić information content (AvgIpc) is 3.20. The van der Waals surface area contributed by atoms with E-state index in [0.29, 0.717) is 0 Å². The van der Waals surface area contributed by atoms with E-state index in [1.807, 2.05) is 0 Å². The number of aliphatic hydroxyl groups excluding tert-OH is 13. The van der Waals surface area contributed by atoms with E-state index < -0.39 is 135 Å². The molecule has 4 aliphatic heterocycles. The van der Waals surface area contributed by atoms with Gasteiger partial charge in [0.2, 0.25) is 12.6 Å². The SMILES string of the molecule is C=C(O)CC(=C)OCC1OC(OC2=CC3OC(c4ccc(OC5OC(CO)C(O)C(O)C5O)c(O)c4)=C(O)C=C3C(O)=C2)C(O)C(OC2OC(CO)C(O)C(O)C2O)C1O. The molecule has 0 radical (unpaired) electrons. The maximum Gasteiger partial charge on any atom is 0.229 e. The minimum Gasteiger partial charge on any atom is -0.512 e. The van der Waals surface area contributed by atoms with Gasteiger partial charge in [-0.1, -0.05) is 13.2 Å². The van der Waals surface area contributed by atoms with Gasteiger partial charge in [-0.3, -0.25) is 0 Å². The Balaban J connectivity index is 1.20. The minimum atomic E-state index is -1.92. The number of aliphatic hydroxyl groups is 13. The van der Waals surface area contributed by atoms with E-state index >= 15 is 0 Å². The Kier molecular flexibility index (Phi) is 14.0. The van der Waals surface area contributed by atoms with E-state index in [1.54, 1.807) is 0 Å². The third-order valence-electron chi connectivity index (χ3n) is 10.2. The number of hydrogen-bond donors (Lipinski definition) is 14. The highest BCUT2D eigenvalue weighted by Gasteiger charge is 2.52. The van der Waals surface area contributed by atoms with Crippen molar-refractivity contribution in [2.45, 2.75) is 105 Å². The van der Waals surface area contributed by atoms with Crippen LogP contribution in [0.2, 0.25) is 0 Å². The highest BCUT2D eigenvalue weighted by molar-refractivity contribution is 5.69. The molecule has 4 heterocycles. The first kappa shape index (κ1) is 45.0. The monoisotopic (exact) mass is 856 g/mol. The van der Waals surface area contributed by atoms with Gasteiger partial charge in [0.15, 0.2) is 29.3 Å². The number of benzene rings is 1. The summed E-state index contributed by atoms with van der Waals surface area (Å²) in [6, 6.07) is 3.67. The fourth-order valence-electron chi connectivity index (χ4n) is 6.89. The molecule has 0 amide bonds. The van der Waals surface area contributed by atoms with Gasteiger partial charge in [-0.05, 0) is 24.3 Å². The van der Waals surface area contributed by atoms with E-state index in [1.165, 1.54) is 24.3 Å². The second kappa shape index (κ2) is 18.6. The van der Waals surface area contributed by atoms with E-state index in [0.717, 1.165) is 12.1 Å². The van der Waals surface area contributed by atoms with Crippen molar-refractivity contribution in [1.29, 1.82) is 0 Å². The lowest BCUT2D eigenvalue weighted by Crippen LogP contribution is -2.64. The summed E-state index contributed by atoms with van der Waals surface area (Å²) < 4.78 is 45.2. The molecular formula is C38H48O22. The molecule has 0 spiro atoms. The van der Waals surface area contributed by atoms with Gasteiger partial charge in [0.05, 0.1) is 31.2 Å². The van der Waals surface area contributed by atoms with Crippen LogP contribution in [0.3, 0.4) is 0 Å². The smallest absolute Gasteiger partial charge is 0.229 e. The molecule has 16 unspecified atom stereocenters. The summed E-state index contributed by atoms with van der Waals surface area (Å²) in [6.45, 7) is 5.02. The lowest BCUT2D eigenvalue weighted by atomic mass is 9.96. The third kappa shape index (κ3) is 9.36. The van der Waals surface area contributed by atoms with Gasteiger partial charge in [0.1, 0.15) is 97.5 Å². The normalized spacial score (nSPS) is 38.1.